The van der Waals surface area contributed by atoms with Crippen molar-refractivity contribution in [1.82, 2.24) is 0 Å². The number of halogens is 1. The molecule has 0 spiro atoms. The van der Waals surface area contributed by atoms with Gasteiger partial charge < -0.3 is 0 Å². The second kappa shape index (κ2) is 7.16. The average molecular weight is 335 g/mol. The summed E-state index contributed by atoms with van der Waals surface area (Å²) in [5.41, 5.74) is 3.32. The van der Waals surface area contributed by atoms with E-state index < -0.39 is 0 Å². The third kappa shape index (κ3) is 4.58. The molecule has 0 saturated carbocycles. The Bertz CT molecular complexity index is 563. The fourth-order valence-electron chi connectivity index (χ4n) is 2.64. The topological polar surface area (TPSA) is 0 Å². The lowest BCUT2D eigenvalue weighted by atomic mass is 9.87. The molecule has 0 aliphatic carbocycles. The summed E-state index contributed by atoms with van der Waals surface area (Å²) in [7, 11) is 0.721. The molecule has 0 fully saturated rings. The van der Waals surface area contributed by atoms with E-state index in [4.69, 9.17) is 0 Å². The highest BCUT2D eigenvalue weighted by molar-refractivity contribution is 7.55. The molecule has 0 unspecified atom stereocenters. The van der Waals surface area contributed by atoms with Crippen molar-refractivity contribution in [2.45, 2.75) is 52.4 Å². The molecule has 2 rings (SSSR count). The first-order chi connectivity index (χ1) is 9.69. The van der Waals surface area contributed by atoms with Gasteiger partial charge in [0.25, 0.3) is 0 Å². The lowest BCUT2D eigenvalue weighted by Crippen LogP contribution is -2.24. The smallest absolute Gasteiger partial charge is 0.0126 e. The van der Waals surface area contributed by atoms with Crippen molar-refractivity contribution in [3.05, 3.63) is 59.7 Å². The lowest BCUT2D eigenvalue weighted by Gasteiger charge is -2.26. The highest BCUT2D eigenvalue weighted by Crippen LogP contribution is 2.29. The van der Waals surface area contributed by atoms with E-state index in [9.17, 15) is 0 Å². The zero-order valence-corrected chi connectivity index (χ0v) is 16.3. The minimum Gasteiger partial charge on any atom is -0.147 e. The zero-order valence-electron chi connectivity index (χ0n) is 14.5. The predicted molar refractivity (Wildman–Crippen MR) is 105 cm³/mol. The number of benzene rings is 2. The zero-order chi connectivity index (χ0) is 15.7. The monoisotopic (exact) mass is 334 g/mol. The Morgan fingerprint density at radius 2 is 0.909 bits per heavy atom. The maximum atomic E-state index is 2.30. The summed E-state index contributed by atoms with van der Waals surface area (Å²) in [5.74, 6) is 0. The van der Waals surface area contributed by atoms with Crippen LogP contribution >= 0.6 is 21.0 Å². The largest absolute Gasteiger partial charge is 0.147 e. The van der Waals surface area contributed by atoms with Crippen LogP contribution in [-0.4, -0.2) is 0 Å². The minimum absolute atomic E-state index is 0. The Labute approximate surface area is 143 Å². The van der Waals surface area contributed by atoms with Crippen molar-refractivity contribution >= 4 is 31.6 Å². The van der Waals surface area contributed by atoms with Gasteiger partial charge in [0.1, 0.15) is 0 Å². The van der Waals surface area contributed by atoms with E-state index in [2.05, 4.69) is 90.1 Å². The highest BCUT2D eigenvalue weighted by atomic mass is 35.5. The summed E-state index contributed by atoms with van der Waals surface area (Å²) < 4.78 is 0. The predicted octanol–water partition coefficient (Wildman–Crippen LogP) is 5.33. The van der Waals surface area contributed by atoms with Gasteiger partial charge in [-0.2, -0.15) is 0 Å². The summed E-state index contributed by atoms with van der Waals surface area (Å²) in [6, 6.07) is 17.8. The molecule has 0 atom stereocenters. The van der Waals surface area contributed by atoms with Crippen LogP contribution in [0.5, 0.6) is 0 Å². The molecule has 0 aromatic heterocycles. The van der Waals surface area contributed by atoms with Gasteiger partial charge in [0.15, 0.2) is 0 Å². The van der Waals surface area contributed by atoms with Crippen LogP contribution in [0.15, 0.2) is 48.5 Å². The van der Waals surface area contributed by atoms with Crippen molar-refractivity contribution in [2.24, 2.45) is 0 Å². The van der Waals surface area contributed by atoms with Crippen molar-refractivity contribution in [2.75, 3.05) is 0 Å². The Morgan fingerprint density at radius 1 is 0.591 bits per heavy atom. The molecule has 0 bridgehead atoms. The summed E-state index contributed by atoms with van der Waals surface area (Å²) in [5, 5.41) is 2.95. The van der Waals surface area contributed by atoms with Gasteiger partial charge in [-0.15, -0.1) is 12.4 Å². The van der Waals surface area contributed by atoms with E-state index in [0.29, 0.717) is 0 Å². The average Bonchev–Trinajstić information content (AvgIpc) is 2.37. The molecule has 0 saturated heterocycles. The van der Waals surface area contributed by atoms with Crippen LogP contribution in [0.4, 0.5) is 0 Å². The van der Waals surface area contributed by atoms with E-state index in [-0.39, 0.29) is 23.2 Å². The van der Waals surface area contributed by atoms with Crippen LogP contribution < -0.4 is 10.6 Å². The first-order valence-corrected chi connectivity index (χ1v) is 8.65. The third-order valence-electron chi connectivity index (χ3n) is 3.74. The van der Waals surface area contributed by atoms with E-state index in [0.717, 1.165) is 8.58 Å². The molecule has 2 aromatic rings. The molecule has 22 heavy (non-hydrogen) atoms. The van der Waals surface area contributed by atoms with Crippen LogP contribution in [0.1, 0.15) is 52.7 Å². The summed E-state index contributed by atoms with van der Waals surface area (Å²) in [6.07, 6.45) is 0. The molecule has 0 N–H and O–H groups in total. The maximum Gasteiger partial charge on any atom is -0.0126 e. The molecule has 0 heterocycles. The molecule has 2 aromatic carbocycles. The van der Waals surface area contributed by atoms with Crippen molar-refractivity contribution in [3.8, 4) is 0 Å². The van der Waals surface area contributed by atoms with Gasteiger partial charge in [0.05, 0.1) is 0 Å². The van der Waals surface area contributed by atoms with Gasteiger partial charge in [-0.05, 0) is 32.6 Å². The quantitative estimate of drug-likeness (QED) is 0.651. The fourth-order valence-corrected chi connectivity index (χ4v) is 4.47. The van der Waals surface area contributed by atoms with Crippen LogP contribution in [0.3, 0.4) is 0 Å². The lowest BCUT2D eigenvalue weighted by molar-refractivity contribution is 0.593. The fraction of sp³-hybridized carbons (Fsp3) is 0.400. The summed E-state index contributed by atoms with van der Waals surface area (Å²) >= 11 is 0. The number of hydrogen-bond acceptors (Lipinski definition) is 0. The molecule has 0 nitrogen and oxygen atoms in total. The van der Waals surface area contributed by atoms with E-state index >= 15 is 0 Å². The Kier molecular flexibility index (Phi) is 6.25. The second-order valence-electron chi connectivity index (χ2n) is 7.72. The van der Waals surface area contributed by atoms with E-state index in [1.165, 1.54) is 21.7 Å². The van der Waals surface area contributed by atoms with Gasteiger partial charge in [0.2, 0.25) is 0 Å². The third-order valence-corrected chi connectivity index (χ3v) is 5.15. The minimum atomic E-state index is 0. The van der Waals surface area contributed by atoms with Crippen molar-refractivity contribution < 1.29 is 0 Å². The van der Waals surface area contributed by atoms with Crippen LogP contribution in [0.25, 0.3) is 0 Å². The van der Waals surface area contributed by atoms with Crippen molar-refractivity contribution in [1.29, 1.82) is 0 Å². The summed E-state index contributed by atoms with van der Waals surface area (Å²) in [6.45, 7) is 13.8. The molecule has 0 aliphatic heterocycles. The Hall–Kier alpha value is -0.840. The number of hydrogen-bond donors (Lipinski definition) is 0. The molecule has 0 aliphatic rings. The maximum absolute atomic E-state index is 2.30. The van der Waals surface area contributed by atoms with E-state index in [1.54, 1.807) is 0 Å². The molecular formula is C20H28ClP. The van der Waals surface area contributed by atoms with Gasteiger partial charge in [-0.25, -0.2) is 0 Å². The van der Waals surface area contributed by atoms with Crippen LogP contribution in [-0.2, 0) is 10.8 Å². The van der Waals surface area contributed by atoms with Crippen molar-refractivity contribution in [3.63, 3.8) is 0 Å². The molecular weight excluding hydrogens is 307 g/mol. The Balaban J connectivity index is 0.00000242. The highest BCUT2D eigenvalue weighted by Gasteiger charge is 2.21. The molecule has 0 radical (unpaired) electrons. The molecule has 2 heteroatoms. The molecule has 120 valence electrons. The Morgan fingerprint density at radius 3 is 1.23 bits per heavy atom. The van der Waals surface area contributed by atoms with E-state index in [1.807, 2.05) is 0 Å². The van der Waals surface area contributed by atoms with Gasteiger partial charge in [-0.3, -0.25) is 0 Å². The van der Waals surface area contributed by atoms with Gasteiger partial charge in [-0.1, -0.05) is 98.7 Å². The van der Waals surface area contributed by atoms with Crippen LogP contribution in [0, 0.1) is 0 Å². The van der Waals surface area contributed by atoms with Crippen LogP contribution in [0.2, 0.25) is 0 Å². The normalized spacial score (nSPS) is 11.9. The molecule has 0 amide bonds. The number of rotatable bonds is 2. The van der Waals surface area contributed by atoms with Gasteiger partial charge in [0, 0.05) is 0 Å². The standard InChI is InChI=1S/C20H27P.ClH/c1-19(2,3)15-11-7-9-13-17(15)21-18-14-10-8-12-16(18)20(4,5)6;/h7-14,21H,1-6H3;1H. The SMILES string of the molecule is CC(C)(C)c1ccccc1Pc1ccccc1C(C)(C)C.Cl. The second-order valence-corrected chi connectivity index (χ2v) is 9.04. The van der Waals surface area contributed by atoms with Gasteiger partial charge >= 0.3 is 0 Å². The first-order valence-electron chi connectivity index (χ1n) is 7.65. The summed E-state index contributed by atoms with van der Waals surface area (Å²) in [4.78, 5) is 0. The first kappa shape index (κ1) is 19.2.